The topological polar surface area (TPSA) is 89.1 Å². The smallest absolute Gasteiger partial charge is 0.239 e. The summed E-state index contributed by atoms with van der Waals surface area (Å²) in [4.78, 5) is 18.0. The molecule has 0 aliphatic rings. The number of rotatable bonds is 6. The van der Waals surface area contributed by atoms with Gasteiger partial charge in [-0.15, -0.1) is 0 Å². The molecular weight excluding hydrogens is 320 g/mol. The molecule has 1 N–H and O–H groups in total. The number of anilines is 1. The normalized spacial score (nSPS) is 12.3. The predicted molar refractivity (Wildman–Crippen MR) is 92.3 cm³/mol. The van der Waals surface area contributed by atoms with E-state index < -0.39 is 0 Å². The van der Waals surface area contributed by atoms with E-state index in [4.69, 9.17) is 4.52 Å². The maximum absolute atomic E-state index is 12.1. The van der Waals surface area contributed by atoms with Crippen LogP contribution in [-0.4, -0.2) is 44.3 Å². The Morgan fingerprint density at radius 2 is 2.12 bits per heavy atom. The van der Waals surface area contributed by atoms with Crippen LogP contribution in [0.15, 0.2) is 47.5 Å². The van der Waals surface area contributed by atoms with E-state index in [2.05, 4.69) is 27.5 Å². The molecule has 1 atom stereocenters. The molecule has 0 radical (unpaired) electrons. The molecule has 0 fully saturated rings. The first kappa shape index (κ1) is 16.8. The first-order valence-corrected chi connectivity index (χ1v) is 7.91. The van der Waals surface area contributed by atoms with E-state index in [1.165, 1.54) is 6.33 Å². The lowest BCUT2D eigenvalue weighted by atomic mass is 10.1. The summed E-state index contributed by atoms with van der Waals surface area (Å²) in [6.45, 7) is 4.08. The zero-order valence-corrected chi connectivity index (χ0v) is 14.4. The average molecular weight is 340 g/mol. The van der Waals surface area contributed by atoms with E-state index in [0.717, 1.165) is 11.3 Å². The average Bonchev–Trinajstić information content (AvgIpc) is 3.26. The van der Waals surface area contributed by atoms with Crippen molar-refractivity contribution in [1.29, 1.82) is 0 Å². The van der Waals surface area contributed by atoms with Gasteiger partial charge < -0.3 is 9.84 Å². The highest BCUT2D eigenvalue weighted by Gasteiger charge is 2.16. The van der Waals surface area contributed by atoms with Crippen LogP contribution in [0, 0.1) is 6.92 Å². The Balaban J connectivity index is 1.59. The standard InChI is InChI=1S/C17H20N6O2/c1-12-8-16(21-25-12)20-17(24)9-22(3)13(2)14-4-6-15(7-5-14)23-11-18-10-19-23/h4-8,10-11,13H,9H2,1-3H3,(H,20,21,24)/t13-/m0/s1. The van der Waals surface area contributed by atoms with Crippen LogP contribution in [-0.2, 0) is 4.79 Å². The second kappa shape index (κ2) is 7.27. The van der Waals surface area contributed by atoms with Crippen molar-refractivity contribution in [2.45, 2.75) is 19.9 Å². The van der Waals surface area contributed by atoms with Crippen LogP contribution in [0.5, 0.6) is 0 Å². The number of hydrogen-bond donors (Lipinski definition) is 1. The minimum atomic E-state index is -0.137. The fourth-order valence-corrected chi connectivity index (χ4v) is 2.47. The van der Waals surface area contributed by atoms with Gasteiger partial charge in [0.25, 0.3) is 0 Å². The Bertz CT molecular complexity index is 825. The molecule has 0 aliphatic heterocycles. The lowest BCUT2D eigenvalue weighted by molar-refractivity contribution is -0.117. The number of aromatic nitrogens is 4. The SMILES string of the molecule is Cc1cc(NC(=O)CN(C)[C@@H](C)c2ccc(-n3cncn3)cc2)no1. The summed E-state index contributed by atoms with van der Waals surface area (Å²) >= 11 is 0. The van der Waals surface area contributed by atoms with Gasteiger partial charge in [0.1, 0.15) is 18.4 Å². The molecule has 2 aromatic heterocycles. The molecule has 1 aromatic carbocycles. The van der Waals surface area contributed by atoms with Crippen LogP contribution in [0.4, 0.5) is 5.82 Å². The van der Waals surface area contributed by atoms with Crippen molar-refractivity contribution in [3.8, 4) is 5.69 Å². The summed E-state index contributed by atoms with van der Waals surface area (Å²) in [7, 11) is 1.91. The zero-order chi connectivity index (χ0) is 17.8. The second-order valence-corrected chi connectivity index (χ2v) is 5.89. The largest absolute Gasteiger partial charge is 0.360 e. The molecule has 0 saturated heterocycles. The number of aryl methyl sites for hydroxylation is 1. The highest BCUT2D eigenvalue weighted by atomic mass is 16.5. The van der Waals surface area contributed by atoms with Gasteiger partial charge in [-0.25, -0.2) is 9.67 Å². The van der Waals surface area contributed by atoms with Crippen molar-refractivity contribution in [2.75, 3.05) is 18.9 Å². The zero-order valence-electron chi connectivity index (χ0n) is 14.4. The molecule has 2 heterocycles. The summed E-state index contributed by atoms with van der Waals surface area (Å²) in [5.41, 5.74) is 2.05. The molecule has 0 aliphatic carbocycles. The van der Waals surface area contributed by atoms with Gasteiger partial charge in [-0.05, 0) is 38.6 Å². The number of carbonyl (C=O) groups is 1. The highest BCUT2D eigenvalue weighted by molar-refractivity contribution is 5.91. The van der Waals surface area contributed by atoms with Gasteiger partial charge in [0, 0.05) is 12.1 Å². The van der Waals surface area contributed by atoms with Crippen molar-refractivity contribution >= 4 is 11.7 Å². The van der Waals surface area contributed by atoms with Crippen LogP contribution in [0.25, 0.3) is 5.69 Å². The lowest BCUT2D eigenvalue weighted by Crippen LogP contribution is -2.32. The Morgan fingerprint density at radius 1 is 1.36 bits per heavy atom. The van der Waals surface area contributed by atoms with Crippen LogP contribution in [0.1, 0.15) is 24.3 Å². The van der Waals surface area contributed by atoms with Gasteiger partial charge in [0.15, 0.2) is 5.82 Å². The molecule has 0 spiro atoms. The van der Waals surface area contributed by atoms with E-state index >= 15 is 0 Å². The van der Waals surface area contributed by atoms with Crippen LogP contribution in [0.2, 0.25) is 0 Å². The van der Waals surface area contributed by atoms with Crippen molar-refractivity contribution < 1.29 is 9.32 Å². The van der Waals surface area contributed by atoms with Crippen LogP contribution in [0.3, 0.4) is 0 Å². The summed E-state index contributed by atoms with van der Waals surface area (Å²) < 4.78 is 6.64. The summed E-state index contributed by atoms with van der Waals surface area (Å²) in [6, 6.07) is 9.77. The third-order valence-corrected chi connectivity index (χ3v) is 4.01. The van der Waals surface area contributed by atoms with Crippen molar-refractivity contribution in [3.63, 3.8) is 0 Å². The molecule has 3 aromatic rings. The van der Waals surface area contributed by atoms with E-state index in [0.29, 0.717) is 11.6 Å². The van der Waals surface area contributed by atoms with E-state index in [1.54, 1.807) is 24.0 Å². The number of nitrogens with one attached hydrogen (secondary N) is 1. The van der Waals surface area contributed by atoms with Gasteiger partial charge in [-0.1, -0.05) is 17.3 Å². The summed E-state index contributed by atoms with van der Waals surface area (Å²) in [5, 5.41) is 10.6. The molecule has 8 nitrogen and oxygen atoms in total. The van der Waals surface area contributed by atoms with Crippen molar-refractivity contribution in [2.24, 2.45) is 0 Å². The molecule has 8 heteroatoms. The Labute approximate surface area is 145 Å². The van der Waals surface area contributed by atoms with Gasteiger partial charge in [-0.3, -0.25) is 9.69 Å². The van der Waals surface area contributed by atoms with Gasteiger partial charge in [-0.2, -0.15) is 5.10 Å². The molecule has 0 saturated carbocycles. The Hall–Kier alpha value is -3.00. The fraction of sp³-hybridized carbons (Fsp3) is 0.294. The van der Waals surface area contributed by atoms with Gasteiger partial charge >= 0.3 is 0 Å². The molecule has 1 amide bonds. The van der Waals surface area contributed by atoms with Crippen LogP contribution >= 0.6 is 0 Å². The fourth-order valence-electron chi connectivity index (χ4n) is 2.47. The number of carbonyl (C=O) groups excluding carboxylic acids is 1. The minimum absolute atomic E-state index is 0.0783. The summed E-state index contributed by atoms with van der Waals surface area (Å²) in [6.07, 6.45) is 3.15. The maximum atomic E-state index is 12.1. The molecule has 3 rings (SSSR count). The Kier molecular flexibility index (Phi) is 4.90. The second-order valence-electron chi connectivity index (χ2n) is 5.89. The van der Waals surface area contributed by atoms with E-state index in [9.17, 15) is 4.79 Å². The number of benzene rings is 1. The van der Waals surface area contributed by atoms with Crippen molar-refractivity contribution in [3.05, 3.63) is 54.3 Å². The van der Waals surface area contributed by atoms with Gasteiger partial charge in [0.05, 0.1) is 12.2 Å². The van der Waals surface area contributed by atoms with Crippen molar-refractivity contribution in [1.82, 2.24) is 24.8 Å². The summed E-state index contributed by atoms with van der Waals surface area (Å²) in [5.74, 6) is 0.951. The number of amides is 1. The quantitative estimate of drug-likeness (QED) is 0.740. The molecule has 25 heavy (non-hydrogen) atoms. The number of hydrogen-bond acceptors (Lipinski definition) is 6. The number of nitrogens with zero attached hydrogens (tertiary/aromatic N) is 5. The molecule has 130 valence electrons. The predicted octanol–water partition coefficient (Wildman–Crippen LogP) is 2.20. The van der Waals surface area contributed by atoms with E-state index in [-0.39, 0.29) is 18.5 Å². The molecular formula is C17H20N6O2. The highest BCUT2D eigenvalue weighted by Crippen LogP contribution is 2.20. The Morgan fingerprint density at radius 3 is 2.72 bits per heavy atom. The first-order valence-electron chi connectivity index (χ1n) is 7.91. The first-order chi connectivity index (χ1) is 12.0. The molecule has 0 unspecified atom stereocenters. The van der Waals surface area contributed by atoms with E-state index in [1.807, 2.05) is 36.2 Å². The van der Waals surface area contributed by atoms with Crippen LogP contribution < -0.4 is 5.32 Å². The third kappa shape index (κ3) is 4.10. The monoisotopic (exact) mass is 340 g/mol. The maximum Gasteiger partial charge on any atom is 0.239 e. The minimum Gasteiger partial charge on any atom is -0.360 e. The van der Waals surface area contributed by atoms with Gasteiger partial charge in [0.2, 0.25) is 5.91 Å². The number of likely N-dealkylation sites (N-methyl/N-ethyl adjacent to an activating group) is 1. The lowest BCUT2D eigenvalue weighted by Gasteiger charge is -2.24. The molecule has 0 bridgehead atoms. The third-order valence-electron chi connectivity index (χ3n) is 4.01.